The van der Waals surface area contributed by atoms with E-state index in [0.29, 0.717) is 10.6 Å². The molecule has 0 amide bonds. The molecule has 0 aliphatic carbocycles. The van der Waals surface area contributed by atoms with Crippen molar-refractivity contribution in [2.24, 2.45) is 5.73 Å². The second-order valence-electron chi connectivity index (χ2n) is 2.92. The number of nitrogens with zero attached hydrogens (tertiary/aromatic N) is 3. The molecule has 3 N–H and O–H groups in total. The molecule has 0 aliphatic rings. The minimum Gasteiger partial charge on any atom is -0.384 e. The van der Waals surface area contributed by atoms with Crippen LogP contribution in [0.3, 0.4) is 0 Å². The highest BCUT2D eigenvalue weighted by atomic mass is 32.2. The van der Waals surface area contributed by atoms with Crippen molar-refractivity contribution in [3.8, 4) is 0 Å². The van der Waals surface area contributed by atoms with E-state index in [4.69, 9.17) is 11.1 Å². The maximum absolute atomic E-state index is 7.43. The van der Waals surface area contributed by atoms with E-state index in [-0.39, 0.29) is 5.84 Å². The summed E-state index contributed by atoms with van der Waals surface area (Å²) in [4.78, 5) is 12.3. The van der Waals surface area contributed by atoms with E-state index < -0.39 is 0 Å². The standard InChI is InChI=1S/C10H9N5S/c11-9(12)7-2-1-3-15-10(7)16-8-6-13-4-5-14-8/h1-6H,(H3,11,12). The highest BCUT2D eigenvalue weighted by Crippen LogP contribution is 2.25. The molecule has 2 aromatic rings. The van der Waals surface area contributed by atoms with Crippen LogP contribution in [0.2, 0.25) is 0 Å². The van der Waals surface area contributed by atoms with Crippen LogP contribution in [0.5, 0.6) is 0 Å². The molecule has 0 saturated carbocycles. The molecule has 0 spiro atoms. The molecular weight excluding hydrogens is 222 g/mol. The van der Waals surface area contributed by atoms with Crippen molar-refractivity contribution in [2.75, 3.05) is 0 Å². The molecule has 0 bridgehead atoms. The van der Waals surface area contributed by atoms with E-state index in [9.17, 15) is 0 Å². The fourth-order valence-electron chi connectivity index (χ4n) is 1.11. The molecule has 5 nitrogen and oxygen atoms in total. The zero-order valence-electron chi connectivity index (χ0n) is 8.29. The van der Waals surface area contributed by atoms with E-state index in [0.717, 1.165) is 5.03 Å². The van der Waals surface area contributed by atoms with Gasteiger partial charge >= 0.3 is 0 Å². The Bertz CT molecular complexity index is 500. The first kappa shape index (κ1) is 10.6. The van der Waals surface area contributed by atoms with Crippen molar-refractivity contribution in [3.05, 3.63) is 42.5 Å². The van der Waals surface area contributed by atoms with Crippen molar-refractivity contribution in [1.29, 1.82) is 5.41 Å². The maximum atomic E-state index is 7.43. The van der Waals surface area contributed by atoms with Crippen molar-refractivity contribution in [2.45, 2.75) is 10.1 Å². The van der Waals surface area contributed by atoms with Crippen molar-refractivity contribution >= 4 is 17.6 Å². The van der Waals surface area contributed by atoms with Gasteiger partial charge in [0.25, 0.3) is 0 Å². The van der Waals surface area contributed by atoms with Crippen LogP contribution in [-0.2, 0) is 0 Å². The highest BCUT2D eigenvalue weighted by molar-refractivity contribution is 7.99. The normalized spacial score (nSPS) is 10.0. The zero-order valence-corrected chi connectivity index (χ0v) is 9.11. The molecule has 2 rings (SSSR count). The summed E-state index contributed by atoms with van der Waals surface area (Å²) in [5.74, 6) is -0.000472. The fraction of sp³-hybridized carbons (Fsp3) is 0. The van der Waals surface area contributed by atoms with Gasteiger partial charge in [0.2, 0.25) is 0 Å². The Morgan fingerprint density at radius 3 is 2.81 bits per heavy atom. The SMILES string of the molecule is N=C(N)c1cccnc1Sc1cnccn1. The Kier molecular flexibility index (Phi) is 3.11. The van der Waals surface area contributed by atoms with Gasteiger partial charge < -0.3 is 5.73 Å². The van der Waals surface area contributed by atoms with Gasteiger partial charge in [0.15, 0.2) is 0 Å². The number of nitrogens with one attached hydrogen (secondary N) is 1. The Morgan fingerprint density at radius 1 is 1.25 bits per heavy atom. The van der Waals surface area contributed by atoms with Gasteiger partial charge in [-0.25, -0.2) is 9.97 Å². The predicted molar refractivity (Wildman–Crippen MR) is 61.4 cm³/mol. The summed E-state index contributed by atoms with van der Waals surface area (Å²) < 4.78 is 0. The van der Waals surface area contributed by atoms with Crippen LogP contribution >= 0.6 is 11.8 Å². The van der Waals surface area contributed by atoms with Gasteiger partial charge in [-0.15, -0.1) is 0 Å². The van der Waals surface area contributed by atoms with Crippen LogP contribution in [0.1, 0.15) is 5.56 Å². The lowest BCUT2D eigenvalue weighted by Crippen LogP contribution is -2.12. The number of amidine groups is 1. The topological polar surface area (TPSA) is 88.5 Å². The molecule has 0 aromatic carbocycles. The smallest absolute Gasteiger partial charge is 0.125 e. The van der Waals surface area contributed by atoms with Crippen LogP contribution < -0.4 is 5.73 Å². The summed E-state index contributed by atoms with van der Waals surface area (Å²) in [5, 5.41) is 8.82. The molecule has 0 aliphatic heterocycles. The molecular formula is C10H9N5S. The molecule has 2 aromatic heterocycles. The van der Waals surface area contributed by atoms with Gasteiger partial charge in [0.1, 0.15) is 15.9 Å². The van der Waals surface area contributed by atoms with Gasteiger partial charge in [-0.05, 0) is 23.9 Å². The number of pyridine rings is 1. The predicted octanol–water partition coefficient (Wildman–Crippen LogP) is 1.31. The summed E-state index contributed by atoms with van der Waals surface area (Å²) in [5.41, 5.74) is 6.07. The highest BCUT2D eigenvalue weighted by Gasteiger charge is 2.08. The second kappa shape index (κ2) is 4.71. The number of nitrogen functional groups attached to an aromatic ring is 1. The van der Waals surface area contributed by atoms with Gasteiger partial charge in [-0.3, -0.25) is 10.4 Å². The molecule has 0 saturated heterocycles. The maximum Gasteiger partial charge on any atom is 0.125 e. The third-order valence-electron chi connectivity index (χ3n) is 1.80. The van der Waals surface area contributed by atoms with E-state index in [1.54, 1.807) is 36.9 Å². The summed E-state index contributed by atoms with van der Waals surface area (Å²) in [6.07, 6.45) is 6.52. The van der Waals surface area contributed by atoms with Crippen molar-refractivity contribution in [1.82, 2.24) is 15.0 Å². The van der Waals surface area contributed by atoms with Gasteiger partial charge in [0.05, 0.1) is 6.20 Å². The van der Waals surface area contributed by atoms with E-state index in [2.05, 4.69) is 15.0 Å². The lowest BCUT2D eigenvalue weighted by molar-refractivity contribution is 1.04. The Hall–Kier alpha value is -1.95. The molecule has 0 radical (unpaired) electrons. The molecule has 0 unspecified atom stereocenters. The summed E-state index contributed by atoms with van der Waals surface area (Å²) >= 11 is 1.34. The number of hydrogen-bond acceptors (Lipinski definition) is 5. The Balaban J connectivity index is 2.31. The lowest BCUT2D eigenvalue weighted by atomic mass is 10.3. The van der Waals surface area contributed by atoms with Crippen LogP contribution in [0, 0.1) is 5.41 Å². The molecule has 0 fully saturated rings. The first-order valence-electron chi connectivity index (χ1n) is 4.50. The third-order valence-corrected chi connectivity index (χ3v) is 2.74. The van der Waals surface area contributed by atoms with Crippen LogP contribution in [0.25, 0.3) is 0 Å². The Labute approximate surface area is 96.7 Å². The summed E-state index contributed by atoms with van der Waals surface area (Å²) in [6, 6.07) is 3.51. The number of hydrogen-bond donors (Lipinski definition) is 2. The van der Waals surface area contributed by atoms with Crippen LogP contribution in [0.4, 0.5) is 0 Å². The average Bonchev–Trinajstić information content (AvgIpc) is 2.31. The molecule has 6 heteroatoms. The molecule has 2 heterocycles. The molecule has 80 valence electrons. The van der Waals surface area contributed by atoms with Crippen LogP contribution in [0.15, 0.2) is 47.0 Å². The second-order valence-corrected chi connectivity index (χ2v) is 3.92. The van der Waals surface area contributed by atoms with Crippen LogP contribution in [-0.4, -0.2) is 20.8 Å². The quantitative estimate of drug-likeness (QED) is 0.614. The van der Waals surface area contributed by atoms with Gasteiger partial charge in [-0.2, -0.15) is 0 Å². The zero-order chi connectivity index (χ0) is 11.4. The lowest BCUT2D eigenvalue weighted by Gasteiger charge is -2.04. The fourth-order valence-corrected chi connectivity index (χ4v) is 1.94. The summed E-state index contributed by atoms with van der Waals surface area (Å²) in [6.45, 7) is 0. The van der Waals surface area contributed by atoms with Gasteiger partial charge in [0, 0.05) is 24.2 Å². The number of rotatable bonds is 3. The largest absolute Gasteiger partial charge is 0.384 e. The molecule has 0 atom stereocenters. The van der Waals surface area contributed by atoms with Crippen molar-refractivity contribution in [3.63, 3.8) is 0 Å². The van der Waals surface area contributed by atoms with E-state index >= 15 is 0 Å². The summed E-state index contributed by atoms with van der Waals surface area (Å²) in [7, 11) is 0. The van der Waals surface area contributed by atoms with Crippen molar-refractivity contribution < 1.29 is 0 Å². The number of aromatic nitrogens is 3. The number of nitrogens with two attached hydrogens (primary N) is 1. The molecule has 16 heavy (non-hydrogen) atoms. The first-order chi connectivity index (χ1) is 7.77. The van der Waals surface area contributed by atoms with E-state index in [1.807, 2.05) is 0 Å². The monoisotopic (exact) mass is 231 g/mol. The average molecular weight is 231 g/mol. The third kappa shape index (κ3) is 2.34. The van der Waals surface area contributed by atoms with E-state index in [1.165, 1.54) is 11.8 Å². The minimum atomic E-state index is -0.000472. The minimum absolute atomic E-state index is 0.000472. The first-order valence-corrected chi connectivity index (χ1v) is 5.32. The van der Waals surface area contributed by atoms with Gasteiger partial charge in [-0.1, -0.05) is 0 Å². The Morgan fingerprint density at radius 2 is 2.12 bits per heavy atom.